The van der Waals surface area contributed by atoms with E-state index >= 15 is 0 Å². The highest BCUT2D eigenvalue weighted by atomic mass is 35.5. The zero-order valence-corrected chi connectivity index (χ0v) is 19.8. The van der Waals surface area contributed by atoms with Gasteiger partial charge < -0.3 is 18.6 Å². The Kier molecular flexibility index (Phi) is 7.07. The van der Waals surface area contributed by atoms with Crippen LogP contribution in [0.15, 0.2) is 64.6 Å². The largest absolute Gasteiger partial charge is 0.493 e. The van der Waals surface area contributed by atoms with Crippen LogP contribution in [-0.2, 0) is 20.9 Å². The smallest absolute Gasteiger partial charge is 0.373 e. The van der Waals surface area contributed by atoms with Crippen molar-refractivity contribution in [3.63, 3.8) is 0 Å². The van der Waals surface area contributed by atoms with Crippen molar-refractivity contribution in [1.29, 1.82) is 0 Å². The number of furan rings is 1. The van der Waals surface area contributed by atoms with Crippen molar-refractivity contribution in [3.05, 3.63) is 82.3 Å². The maximum absolute atomic E-state index is 13.0. The topological polar surface area (TPSA) is 124 Å². The summed E-state index contributed by atoms with van der Waals surface area (Å²) in [5.74, 6) is -1.11. The fraction of sp³-hybridized carbons (Fsp3) is 0.120. The number of carbonyl (C=O) groups is 4. The minimum absolute atomic E-state index is 0.00679. The molecular formula is C25H19ClN2O8. The van der Waals surface area contributed by atoms with Gasteiger partial charge in [0.15, 0.2) is 11.5 Å². The van der Waals surface area contributed by atoms with Gasteiger partial charge in [0, 0.05) is 5.02 Å². The van der Waals surface area contributed by atoms with E-state index in [1.165, 1.54) is 50.6 Å². The number of halogens is 1. The highest BCUT2D eigenvalue weighted by Crippen LogP contribution is 2.31. The van der Waals surface area contributed by atoms with Crippen molar-refractivity contribution in [1.82, 2.24) is 5.32 Å². The molecule has 1 aromatic heterocycles. The molecule has 1 N–H and O–H groups in total. The molecule has 1 aliphatic rings. The number of methoxy groups -OCH3 is 2. The summed E-state index contributed by atoms with van der Waals surface area (Å²) < 4.78 is 21.1. The summed E-state index contributed by atoms with van der Waals surface area (Å²) in [4.78, 5) is 50.2. The third-order valence-corrected chi connectivity index (χ3v) is 5.36. The van der Waals surface area contributed by atoms with Crippen molar-refractivity contribution in [2.45, 2.75) is 6.61 Å². The second-order valence-corrected chi connectivity index (χ2v) is 7.83. The number of hydrogen-bond donors (Lipinski definition) is 1. The second-order valence-electron chi connectivity index (χ2n) is 7.39. The minimum atomic E-state index is -0.862. The van der Waals surface area contributed by atoms with Crippen LogP contribution in [0.5, 0.6) is 11.5 Å². The van der Waals surface area contributed by atoms with Crippen LogP contribution in [0.25, 0.3) is 6.08 Å². The van der Waals surface area contributed by atoms with Crippen molar-refractivity contribution in [2.24, 2.45) is 0 Å². The molecule has 0 saturated carbocycles. The molecule has 0 unspecified atom stereocenters. The number of ether oxygens (including phenoxy) is 3. The van der Waals surface area contributed by atoms with Crippen molar-refractivity contribution >= 4 is 47.2 Å². The first kappa shape index (κ1) is 24.6. The molecule has 0 atom stereocenters. The van der Waals surface area contributed by atoms with E-state index < -0.39 is 23.8 Å². The van der Waals surface area contributed by atoms with Gasteiger partial charge in [-0.1, -0.05) is 17.7 Å². The number of esters is 1. The second kappa shape index (κ2) is 10.4. The molecule has 184 valence electrons. The molecule has 4 amide bonds. The maximum Gasteiger partial charge on any atom is 0.373 e. The van der Waals surface area contributed by atoms with Crippen molar-refractivity contribution in [3.8, 4) is 11.5 Å². The number of benzene rings is 2. The molecule has 0 spiro atoms. The lowest BCUT2D eigenvalue weighted by Crippen LogP contribution is -2.54. The number of imide groups is 2. The first-order valence-corrected chi connectivity index (χ1v) is 10.8. The minimum Gasteiger partial charge on any atom is -0.493 e. The Morgan fingerprint density at radius 3 is 2.47 bits per heavy atom. The van der Waals surface area contributed by atoms with Crippen LogP contribution in [0.4, 0.5) is 10.5 Å². The summed E-state index contributed by atoms with van der Waals surface area (Å²) >= 11 is 5.89. The Hall–Kier alpha value is -4.57. The first-order chi connectivity index (χ1) is 17.3. The number of urea groups is 1. The number of rotatable bonds is 7. The molecule has 3 aromatic rings. The summed E-state index contributed by atoms with van der Waals surface area (Å²) in [6.45, 7) is 0.00679. The molecule has 1 fully saturated rings. The van der Waals surface area contributed by atoms with E-state index in [0.717, 1.165) is 4.90 Å². The summed E-state index contributed by atoms with van der Waals surface area (Å²) in [6, 6.07) is 13.0. The normalized spacial score (nSPS) is 14.6. The quantitative estimate of drug-likeness (QED) is 0.287. The van der Waals surface area contributed by atoms with Crippen LogP contribution in [0.3, 0.4) is 0 Å². The lowest BCUT2D eigenvalue weighted by molar-refractivity contribution is -0.122. The number of carbonyl (C=O) groups excluding carboxylic acids is 4. The van der Waals surface area contributed by atoms with E-state index in [9.17, 15) is 19.2 Å². The Morgan fingerprint density at radius 1 is 1.03 bits per heavy atom. The van der Waals surface area contributed by atoms with Gasteiger partial charge in [0.1, 0.15) is 17.9 Å². The molecule has 10 nitrogen and oxygen atoms in total. The SMILES string of the molecule is COC(=O)c1ccc(COc2ccc(/C=C3/C(=O)NC(=O)N(c4ccc(Cl)cc4)C3=O)cc2OC)o1. The summed E-state index contributed by atoms with van der Waals surface area (Å²) in [7, 11) is 2.68. The third kappa shape index (κ3) is 5.08. The highest BCUT2D eigenvalue weighted by Gasteiger charge is 2.36. The Bertz CT molecular complexity index is 1380. The molecule has 0 radical (unpaired) electrons. The van der Waals surface area contributed by atoms with E-state index in [-0.39, 0.29) is 23.6 Å². The molecule has 2 aromatic carbocycles. The monoisotopic (exact) mass is 510 g/mol. The lowest BCUT2D eigenvalue weighted by Gasteiger charge is -2.26. The van der Waals surface area contributed by atoms with E-state index in [4.69, 9.17) is 25.5 Å². The number of amides is 4. The van der Waals surface area contributed by atoms with Gasteiger partial charge in [-0.25, -0.2) is 14.5 Å². The molecule has 0 aliphatic carbocycles. The molecule has 1 aliphatic heterocycles. The fourth-order valence-electron chi connectivity index (χ4n) is 3.36. The van der Waals surface area contributed by atoms with E-state index in [2.05, 4.69) is 10.1 Å². The fourth-order valence-corrected chi connectivity index (χ4v) is 3.48. The average Bonchev–Trinajstić information content (AvgIpc) is 3.35. The molecule has 11 heteroatoms. The molecule has 36 heavy (non-hydrogen) atoms. The van der Waals surface area contributed by atoms with Gasteiger partial charge in [-0.2, -0.15) is 0 Å². The molecule has 2 heterocycles. The number of nitrogens with zero attached hydrogens (tertiary/aromatic N) is 1. The van der Waals surface area contributed by atoms with E-state index in [1.54, 1.807) is 24.3 Å². The van der Waals surface area contributed by atoms with Crippen LogP contribution >= 0.6 is 11.6 Å². The van der Waals surface area contributed by atoms with Gasteiger partial charge in [0.25, 0.3) is 11.8 Å². The Balaban J connectivity index is 1.55. The van der Waals surface area contributed by atoms with E-state index in [1.807, 2.05) is 0 Å². The van der Waals surface area contributed by atoms with Gasteiger partial charge in [0.05, 0.1) is 19.9 Å². The number of nitrogens with one attached hydrogen (secondary N) is 1. The third-order valence-electron chi connectivity index (χ3n) is 5.10. The van der Waals surface area contributed by atoms with Crippen molar-refractivity contribution in [2.75, 3.05) is 19.1 Å². The zero-order chi connectivity index (χ0) is 25.8. The number of hydrogen-bond acceptors (Lipinski definition) is 8. The Morgan fingerprint density at radius 2 is 1.78 bits per heavy atom. The summed E-state index contributed by atoms with van der Waals surface area (Å²) in [6.07, 6.45) is 1.34. The van der Waals surface area contributed by atoms with Crippen LogP contribution in [0.1, 0.15) is 21.9 Å². The molecule has 4 rings (SSSR count). The van der Waals surface area contributed by atoms with Gasteiger partial charge in [-0.3, -0.25) is 14.9 Å². The van der Waals surface area contributed by atoms with Crippen LogP contribution in [0.2, 0.25) is 5.02 Å². The molecule has 1 saturated heterocycles. The highest BCUT2D eigenvalue weighted by molar-refractivity contribution is 6.39. The average molecular weight is 511 g/mol. The van der Waals surface area contributed by atoms with Gasteiger partial charge in [0.2, 0.25) is 5.76 Å². The standard InChI is InChI=1S/C25H19ClN2O8/c1-33-21-12-14(3-9-19(21)35-13-17-8-10-20(36-17)24(31)34-2)11-18-22(29)27-25(32)28(23(18)30)16-6-4-15(26)5-7-16/h3-12H,13H2,1-2H3,(H,27,29,32)/b18-11-. The summed E-state index contributed by atoms with van der Waals surface area (Å²) in [5.41, 5.74) is 0.468. The zero-order valence-electron chi connectivity index (χ0n) is 19.1. The lowest BCUT2D eigenvalue weighted by atomic mass is 10.1. The van der Waals surface area contributed by atoms with E-state index in [0.29, 0.717) is 27.8 Å². The van der Waals surface area contributed by atoms with Crippen LogP contribution in [-0.4, -0.2) is 38.0 Å². The van der Waals surface area contributed by atoms with Crippen LogP contribution < -0.4 is 19.7 Å². The number of barbiturate groups is 1. The van der Waals surface area contributed by atoms with Crippen LogP contribution in [0, 0.1) is 0 Å². The van der Waals surface area contributed by atoms with Gasteiger partial charge in [-0.15, -0.1) is 0 Å². The molecule has 0 bridgehead atoms. The van der Waals surface area contributed by atoms with Gasteiger partial charge in [-0.05, 0) is 60.2 Å². The molecular weight excluding hydrogens is 492 g/mol. The number of anilines is 1. The maximum atomic E-state index is 13.0. The van der Waals surface area contributed by atoms with Gasteiger partial charge >= 0.3 is 12.0 Å². The Labute approximate surface area is 210 Å². The predicted octanol–water partition coefficient (Wildman–Crippen LogP) is 3.97. The predicted molar refractivity (Wildman–Crippen MR) is 128 cm³/mol. The first-order valence-electron chi connectivity index (χ1n) is 10.5. The summed E-state index contributed by atoms with van der Waals surface area (Å²) in [5, 5.41) is 2.59. The van der Waals surface area contributed by atoms with Crippen molar-refractivity contribution < 1.29 is 37.8 Å².